The van der Waals surface area contributed by atoms with Crippen LogP contribution in [-0.2, 0) is 15.9 Å². The van der Waals surface area contributed by atoms with Gasteiger partial charge in [-0.25, -0.2) is 9.59 Å². The van der Waals surface area contributed by atoms with Gasteiger partial charge >= 0.3 is 11.9 Å². The van der Waals surface area contributed by atoms with Gasteiger partial charge in [0.25, 0.3) is 0 Å². The second-order valence-corrected chi connectivity index (χ2v) is 8.49. The number of hydrogen-bond donors (Lipinski definition) is 0. The van der Waals surface area contributed by atoms with E-state index in [2.05, 4.69) is 24.0 Å². The van der Waals surface area contributed by atoms with Crippen LogP contribution in [0.3, 0.4) is 0 Å². The first-order chi connectivity index (χ1) is 15.8. The number of carbonyl (C=O) groups is 2. The summed E-state index contributed by atoms with van der Waals surface area (Å²) >= 11 is 0. The summed E-state index contributed by atoms with van der Waals surface area (Å²) in [4.78, 5) is 30.4. The molecule has 0 aliphatic heterocycles. The maximum atomic E-state index is 13.2. The van der Waals surface area contributed by atoms with Crippen LogP contribution in [0.4, 0.5) is 0 Å². The molecule has 0 radical (unpaired) electrons. The van der Waals surface area contributed by atoms with Crippen LogP contribution in [0.15, 0.2) is 54.6 Å². The first-order valence-corrected chi connectivity index (χ1v) is 11.2. The highest BCUT2D eigenvalue weighted by atomic mass is 16.5. The monoisotopic (exact) mass is 445 g/mol. The minimum Gasteiger partial charge on any atom is -0.465 e. The highest BCUT2D eigenvalue weighted by Crippen LogP contribution is 2.33. The van der Waals surface area contributed by atoms with Gasteiger partial charge in [0.05, 0.1) is 36.2 Å². The molecule has 0 N–H and O–H groups in total. The van der Waals surface area contributed by atoms with Crippen molar-refractivity contribution in [1.29, 1.82) is 0 Å². The van der Waals surface area contributed by atoms with Gasteiger partial charge in [-0.15, -0.1) is 0 Å². The molecule has 5 heteroatoms. The van der Waals surface area contributed by atoms with Gasteiger partial charge < -0.3 is 9.47 Å². The highest BCUT2D eigenvalue weighted by molar-refractivity contribution is 6.07. The minimum atomic E-state index is -0.526. The fourth-order valence-corrected chi connectivity index (χ4v) is 4.08. The number of carbonyl (C=O) groups excluding carboxylic acids is 2. The standard InChI is InChI=1S/C28H31NO4/c1-18-10-9-13-23(17-18)26-24(27(30)32-5)20(3)29-21(4)25(26)28(31)33-15-14-19(2)16-22-11-7-6-8-12-22/h6-13,17,19H,14-16H2,1-5H3. The van der Waals surface area contributed by atoms with E-state index >= 15 is 0 Å². The molecule has 33 heavy (non-hydrogen) atoms. The van der Waals surface area contributed by atoms with E-state index in [9.17, 15) is 9.59 Å². The van der Waals surface area contributed by atoms with Gasteiger partial charge in [0.1, 0.15) is 0 Å². The van der Waals surface area contributed by atoms with Crippen molar-refractivity contribution in [2.24, 2.45) is 5.92 Å². The first kappa shape index (κ1) is 24.2. The van der Waals surface area contributed by atoms with Gasteiger partial charge in [-0.1, -0.05) is 67.1 Å². The van der Waals surface area contributed by atoms with E-state index in [0.29, 0.717) is 35.0 Å². The number of pyridine rings is 1. The number of nitrogens with zero attached hydrogens (tertiary/aromatic N) is 1. The Morgan fingerprint density at radius 3 is 2.21 bits per heavy atom. The molecule has 0 amide bonds. The molecule has 3 rings (SSSR count). The molecule has 1 aromatic heterocycles. The zero-order chi connectivity index (χ0) is 24.0. The van der Waals surface area contributed by atoms with Gasteiger partial charge in [0.15, 0.2) is 0 Å². The largest absolute Gasteiger partial charge is 0.465 e. The number of hydrogen-bond acceptors (Lipinski definition) is 5. The van der Waals surface area contributed by atoms with Crippen molar-refractivity contribution in [3.63, 3.8) is 0 Å². The van der Waals surface area contributed by atoms with Gasteiger partial charge in [-0.05, 0) is 50.7 Å². The smallest absolute Gasteiger partial charge is 0.340 e. The van der Waals surface area contributed by atoms with Crippen LogP contribution in [0.1, 0.15) is 56.6 Å². The molecule has 0 fully saturated rings. The predicted molar refractivity (Wildman–Crippen MR) is 129 cm³/mol. The molecule has 172 valence electrons. The third-order valence-electron chi connectivity index (χ3n) is 5.73. The summed E-state index contributed by atoms with van der Waals surface area (Å²) in [5.74, 6) is -0.644. The van der Waals surface area contributed by atoms with Gasteiger partial charge in [0.2, 0.25) is 0 Å². The Kier molecular flexibility index (Phi) is 7.99. The van der Waals surface area contributed by atoms with Crippen LogP contribution in [0.5, 0.6) is 0 Å². The number of methoxy groups -OCH3 is 1. The SMILES string of the molecule is COC(=O)c1c(C)nc(C)c(C(=O)OCCC(C)Cc2ccccc2)c1-c1cccc(C)c1. The number of esters is 2. The van der Waals surface area contributed by atoms with Crippen LogP contribution in [0, 0.1) is 26.7 Å². The Morgan fingerprint density at radius 2 is 1.58 bits per heavy atom. The molecular weight excluding hydrogens is 414 g/mol. The normalized spacial score (nSPS) is 11.7. The van der Waals surface area contributed by atoms with Crippen molar-refractivity contribution in [2.45, 2.75) is 40.5 Å². The molecule has 0 saturated heterocycles. The van der Waals surface area contributed by atoms with Crippen LogP contribution < -0.4 is 0 Å². The maximum absolute atomic E-state index is 13.2. The lowest BCUT2D eigenvalue weighted by Crippen LogP contribution is -2.18. The lowest BCUT2D eigenvalue weighted by atomic mass is 9.91. The molecule has 0 spiro atoms. The zero-order valence-corrected chi connectivity index (χ0v) is 20.0. The van der Waals surface area contributed by atoms with E-state index < -0.39 is 11.9 Å². The van der Waals surface area contributed by atoms with Crippen molar-refractivity contribution in [3.8, 4) is 11.1 Å². The Morgan fingerprint density at radius 1 is 0.909 bits per heavy atom. The summed E-state index contributed by atoms with van der Waals surface area (Å²) in [5.41, 5.74) is 5.19. The highest BCUT2D eigenvalue weighted by Gasteiger charge is 2.27. The van der Waals surface area contributed by atoms with Crippen molar-refractivity contribution in [3.05, 3.63) is 88.2 Å². The summed E-state index contributed by atoms with van der Waals surface area (Å²) in [6.45, 7) is 7.92. The van der Waals surface area contributed by atoms with E-state index in [4.69, 9.17) is 9.47 Å². The Hall–Kier alpha value is -3.47. The average molecular weight is 446 g/mol. The fraction of sp³-hybridized carbons (Fsp3) is 0.321. The van der Waals surface area contributed by atoms with Crippen molar-refractivity contribution in [2.75, 3.05) is 13.7 Å². The lowest BCUT2D eigenvalue weighted by molar-refractivity contribution is 0.0485. The van der Waals surface area contributed by atoms with Gasteiger partial charge in [0, 0.05) is 5.56 Å². The van der Waals surface area contributed by atoms with Crippen molar-refractivity contribution < 1.29 is 19.1 Å². The van der Waals surface area contributed by atoms with Crippen molar-refractivity contribution in [1.82, 2.24) is 4.98 Å². The third kappa shape index (κ3) is 5.86. The molecule has 3 aromatic rings. The number of ether oxygens (including phenoxy) is 2. The summed E-state index contributed by atoms with van der Waals surface area (Å²) in [7, 11) is 1.33. The number of aryl methyl sites for hydroxylation is 3. The molecule has 0 bridgehead atoms. The molecule has 0 saturated carbocycles. The van der Waals surface area contributed by atoms with E-state index in [1.165, 1.54) is 12.7 Å². The summed E-state index contributed by atoms with van der Waals surface area (Å²) in [6.07, 6.45) is 1.66. The van der Waals surface area contributed by atoms with Crippen LogP contribution in [-0.4, -0.2) is 30.6 Å². The van der Waals surface area contributed by atoms with Gasteiger partial charge in [-0.3, -0.25) is 4.98 Å². The molecule has 5 nitrogen and oxygen atoms in total. The Labute approximate surface area is 195 Å². The fourth-order valence-electron chi connectivity index (χ4n) is 4.08. The Balaban J connectivity index is 1.88. The topological polar surface area (TPSA) is 65.5 Å². The number of benzene rings is 2. The molecule has 2 aromatic carbocycles. The van der Waals surface area contributed by atoms with Crippen LogP contribution in [0.25, 0.3) is 11.1 Å². The van der Waals surface area contributed by atoms with E-state index in [1.807, 2.05) is 49.4 Å². The van der Waals surface area contributed by atoms with Gasteiger partial charge in [-0.2, -0.15) is 0 Å². The van der Waals surface area contributed by atoms with Crippen LogP contribution >= 0.6 is 0 Å². The second-order valence-electron chi connectivity index (χ2n) is 8.49. The summed E-state index contributed by atoms with van der Waals surface area (Å²) < 4.78 is 10.7. The predicted octanol–water partition coefficient (Wildman–Crippen LogP) is 5.89. The number of aromatic nitrogens is 1. The molecule has 0 aliphatic carbocycles. The molecule has 1 heterocycles. The van der Waals surface area contributed by atoms with E-state index in [-0.39, 0.29) is 5.56 Å². The first-order valence-electron chi connectivity index (χ1n) is 11.2. The molecule has 1 unspecified atom stereocenters. The van der Waals surface area contributed by atoms with E-state index in [1.54, 1.807) is 13.8 Å². The molecule has 1 atom stereocenters. The number of rotatable bonds is 8. The van der Waals surface area contributed by atoms with E-state index in [0.717, 1.165) is 24.0 Å². The third-order valence-corrected chi connectivity index (χ3v) is 5.73. The Bertz CT molecular complexity index is 1140. The summed E-state index contributed by atoms with van der Waals surface area (Å²) in [5, 5.41) is 0. The van der Waals surface area contributed by atoms with Crippen molar-refractivity contribution >= 4 is 11.9 Å². The average Bonchev–Trinajstić information content (AvgIpc) is 2.78. The quantitative estimate of drug-likeness (QED) is 0.405. The molecule has 0 aliphatic rings. The van der Waals surface area contributed by atoms with Crippen LogP contribution in [0.2, 0.25) is 0 Å². The lowest BCUT2D eigenvalue weighted by Gasteiger charge is -2.18. The summed E-state index contributed by atoms with van der Waals surface area (Å²) in [6, 6.07) is 18.0. The second kappa shape index (κ2) is 10.9. The zero-order valence-electron chi connectivity index (χ0n) is 20.0. The molecular formula is C28H31NO4. The minimum absolute atomic E-state index is 0.290. The maximum Gasteiger partial charge on any atom is 0.340 e.